The van der Waals surface area contributed by atoms with E-state index in [2.05, 4.69) is 31.2 Å². The van der Waals surface area contributed by atoms with Gasteiger partial charge in [0.1, 0.15) is 7.85 Å². The van der Waals surface area contributed by atoms with E-state index in [1.807, 2.05) is 18.8 Å². The van der Waals surface area contributed by atoms with Gasteiger partial charge in [-0.05, 0) is 7.05 Å². The molecule has 0 radical (unpaired) electrons. The first-order valence-corrected chi connectivity index (χ1v) is 6.09. The van der Waals surface area contributed by atoms with Gasteiger partial charge in [0.25, 0.3) is 0 Å². The molecule has 0 aliphatic carbocycles. The molecule has 4 heteroatoms. The summed E-state index contributed by atoms with van der Waals surface area (Å²) in [5.74, 6) is 0. The number of rotatable bonds is 3. The minimum atomic E-state index is 0.481. The van der Waals surface area contributed by atoms with Crippen molar-refractivity contribution >= 4 is 19.6 Å². The van der Waals surface area contributed by atoms with Crippen LogP contribution in [0.15, 0.2) is 24.4 Å². The van der Waals surface area contributed by atoms with Gasteiger partial charge >= 0.3 is 0 Å². The van der Waals surface area contributed by atoms with Crippen LogP contribution in [0.5, 0.6) is 0 Å². The smallest absolute Gasteiger partial charge is 0.106 e. The summed E-state index contributed by atoms with van der Waals surface area (Å²) < 4.78 is 0. The second-order valence-electron chi connectivity index (χ2n) is 3.94. The summed E-state index contributed by atoms with van der Waals surface area (Å²) in [6.07, 6.45) is 1.09. The molecular formula is C10H17BN2S. The largest absolute Gasteiger partial charge is 0.358 e. The van der Waals surface area contributed by atoms with Crippen molar-refractivity contribution in [2.24, 2.45) is 0 Å². The Balaban J connectivity index is 2.01. The highest BCUT2D eigenvalue weighted by molar-refractivity contribution is 8.01. The molecule has 2 aliphatic rings. The summed E-state index contributed by atoms with van der Waals surface area (Å²) >= 11 is 2.03. The Hall–Kier alpha value is -0.345. The van der Waals surface area contributed by atoms with Gasteiger partial charge in [-0.3, -0.25) is 0 Å². The van der Waals surface area contributed by atoms with Gasteiger partial charge in [0.05, 0.1) is 11.4 Å². The van der Waals surface area contributed by atoms with Crippen LogP contribution in [0.3, 0.4) is 0 Å². The molecule has 3 unspecified atom stereocenters. The fourth-order valence-corrected chi connectivity index (χ4v) is 3.89. The Kier molecular flexibility index (Phi) is 2.67. The predicted octanol–water partition coefficient (Wildman–Crippen LogP) is 0.453. The Morgan fingerprint density at radius 3 is 3.07 bits per heavy atom. The summed E-state index contributed by atoms with van der Waals surface area (Å²) in [5, 5.41) is 4.52. The second kappa shape index (κ2) is 3.67. The fraction of sp³-hybridized carbons (Fsp3) is 0.600. The molecule has 0 bridgehead atoms. The molecule has 0 aromatic carbocycles. The van der Waals surface area contributed by atoms with Gasteiger partial charge in [0.2, 0.25) is 0 Å². The summed E-state index contributed by atoms with van der Waals surface area (Å²) in [6, 6.07) is 0.481. The molecule has 2 fully saturated rings. The number of fused-ring (bicyclic) bond motifs is 1. The van der Waals surface area contributed by atoms with Crippen LogP contribution in [-0.2, 0) is 0 Å². The number of nitrogens with one attached hydrogen (secondary N) is 1. The van der Waals surface area contributed by atoms with Crippen LogP contribution in [-0.4, -0.2) is 43.0 Å². The molecule has 2 aliphatic heterocycles. The Morgan fingerprint density at radius 2 is 2.50 bits per heavy atom. The zero-order chi connectivity index (χ0) is 10.3. The van der Waals surface area contributed by atoms with Gasteiger partial charge in [-0.25, -0.2) is 0 Å². The maximum atomic E-state index is 4.13. The molecule has 0 aromatic rings. The lowest BCUT2D eigenvalue weighted by Gasteiger charge is -2.46. The third-order valence-electron chi connectivity index (χ3n) is 3.21. The third kappa shape index (κ3) is 1.32. The average Bonchev–Trinajstić information content (AvgIpc) is 2.58. The highest BCUT2D eigenvalue weighted by atomic mass is 32.2. The van der Waals surface area contributed by atoms with Crippen molar-refractivity contribution in [3.8, 4) is 0 Å². The summed E-state index contributed by atoms with van der Waals surface area (Å²) in [4.78, 5) is 2.40. The van der Waals surface area contributed by atoms with Crippen molar-refractivity contribution < 1.29 is 0 Å². The number of likely N-dealkylation sites (N-methyl/N-ethyl adjacent to an activating group) is 1. The van der Waals surface area contributed by atoms with E-state index in [0.717, 1.165) is 12.9 Å². The summed E-state index contributed by atoms with van der Waals surface area (Å²) in [6.45, 7) is 9.34. The van der Waals surface area contributed by atoms with Crippen molar-refractivity contribution in [2.75, 3.05) is 13.6 Å². The fourth-order valence-electron chi connectivity index (χ4n) is 2.13. The topological polar surface area (TPSA) is 15.3 Å². The van der Waals surface area contributed by atoms with E-state index in [1.165, 1.54) is 11.3 Å². The number of nitrogens with zero attached hydrogens (tertiary/aromatic N) is 1. The van der Waals surface area contributed by atoms with Gasteiger partial charge in [-0.1, -0.05) is 25.1 Å². The SMILES string of the molecule is BCC(=C)C1CN2C(=C)C(NC)C2S1. The molecule has 1 N–H and O–H groups in total. The molecule has 2 nitrogen and oxygen atoms in total. The Bertz CT molecular complexity index is 279. The minimum Gasteiger partial charge on any atom is -0.358 e. The maximum Gasteiger partial charge on any atom is 0.106 e. The lowest BCUT2D eigenvalue weighted by molar-refractivity contribution is 0.200. The Labute approximate surface area is 91.2 Å². The molecule has 3 atom stereocenters. The summed E-state index contributed by atoms with van der Waals surface area (Å²) in [5.41, 5.74) is 2.61. The van der Waals surface area contributed by atoms with E-state index in [-0.39, 0.29) is 0 Å². The molecule has 2 heterocycles. The standard InChI is InChI=1S/C10H17BN2S/c1-6(4-11)8-5-13-7(2)9(12-3)10(13)14-8/h8-10,12H,1-2,4-5,11H2,3H3. The maximum absolute atomic E-state index is 4.13. The van der Waals surface area contributed by atoms with E-state index in [4.69, 9.17) is 0 Å². The first-order valence-electron chi connectivity index (χ1n) is 5.14. The molecule has 0 aromatic heterocycles. The van der Waals surface area contributed by atoms with Crippen molar-refractivity contribution in [3.63, 3.8) is 0 Å². The third-order valence-corrected chi connectivity index (χ3v) is 4.82. The van der Waals surface area contributed by atoms with E-state index in [9.17, 15) is 0 Å². The van der Waals surface area contributed by atoms with Gasteiger partial charge in [-0.15, -0.1) is 11.8 Å². The van der Waals surface area contributed by atoms with Crippen LogP contribution in [0.4, 0.5) is 0 Å². The van der Waals surface area contributed by atoms with Gasteiger partial charge in [0, 0.05) is 17.5 Å². The van der Waals surface area contributed by atoms with Crippen molar-refractivity contribution in [1.82, 2.24) is 10.2 Å². The van der Waals surface area contributed by atoms with Crippen LogP contribution in [0.2, 0.25) is 6.32 Å². The minimum absolute atomic E-state index is 0.481. The van der Waals surface area contributed by atoms with Crippen LogP contribution >= 0.6 is 11.8 Å². The summed E-state index contributed by atoms with van der Waals surface area (Å²) in [7, 11) is 4.19. The molecule has 76 valence electrons. The number of thioether (sulfide) groups is 1. The highest BCUT2D eigenvalue weighted by Crippen LogP contribution is 2.46. The quantitative estimate of drug-likeness (QED) is 0.535. The zero-order valence-electron chi connectivity index (χ0n) is 8.92. The molecule has 2 rings (SSSR count). The second-order valence-corrected chi connectivity index (χ2v) is 5.26. The molecular weight excluding hydrogens is 191 g/mol. The van der Waals surface area contributed by atoms with Gasteiger partial charge in [0.15, 0.2) is 0 Å². The van der Waals surface area contributed by atoms with Crippen molar-refractivity contribution in [1.29, 1.82) is 0 Å². The van der Waals surface area contributed by atoms with Gasteiger partial charge in [-0.2, -0.15) is 0 Å². The van der Waals surface area contributed by atoms with E-state index in [1.54, 1.807) is 0 Å². The lowest BCUT2D eigenvalue weighted by Crippen LogP contribution is -2.58. The lowest BCUT2D eigenvalue weighted by atomic mass is 9.94. The van der Waals surface area contributed by atoms with E-state index >= 15 is 0 Å². The van der Waals surface area contributed by atoms with Crippen LogP contribution in [0.25, 0.3) is 0 Å². The number of hydrogen-bond donors (Lipinski definition) is 1. The van der Waals surface area contributed by atoms with Crippen molar-refractivity contribution in [3.05, 3.63) is 24.4 Å². The number of hydrogen-bond acceptors (Lipinski definition) is 3. The zero-order valence-corrected chi connectivity index (χ0v) is 9.73. The van der Waals surface area contributed by atoms with E-state index < -0.39 is 0 Å². The van der Waals surface area contributed by atoms with Crippen LogP contribution in [0.1, 0.15) is 0 Å². The molecule has 2 saturated heterocycles. The first-order chi connectivity index (χ1) is 6.69. The monoisotopic (exact) mass is 208 g/mol. The average molecular weight is 208 g/mol. The first kappa shape index (κ1) is 10.2. The normalized spacial score (nSPS) is 35.4. The highest BCUT2D eigenvalue weighted by Gasteiger charge is 2.48. The van der Waals surface area contributed by atoms with Crippen LogP contribution < -0.4 is 5.32 Å². The molecule has 14 heavy (non-hydrogen) atoms. The van der Waals surface area contributed by atoms with Crippen LogP contribution in [0, 0.1) is 0 Å². The van der Waals surface area contributed by atoms with Crippen molar-refractivity contribution in [2.45, 2.75) is 23.0 Å². The Morgan fingerprint density at radius 1 is 1.79 bits per heavy atom. The van der Waals surface area contributed by atoms with Gasteiger partial charge < -0.3 is 10.2 Å². The molecule has 0 saturated carbocycles. The molecule has 0 amide bonds. The van der Waals surface area contributed by atoms with E-state index in [0.29, 0.717) is 16.7 Å². The predicted molar refractivity (Wildman–Crippen MR) is 66.4 cm³/mol. The molecule has 0 spiro atoms.